The maximum Gasteiger partial charge on any atom is 0.254 e. The van der Waals surface area contributed by atoms with E-state index in [1.807, 2.05) is 35.4 Å². The van der Waals surface area contributed by atoms with Crippen LogP contribution in [0.4, 0.5) is 0 Å². The molecule has 100 valence electrons. The molecule has 1 N–H and O–H groups in total. The number of methoxy groups -OCH3 is 1. The molecule has 1 aliphatic rings. The predicted octanol–water partition coefficient (Wildman–Crippen LogP) is 2.42. The summed E-state index contributed by atoms with van der Waals surface area (Å²) in [5, 5.41) is 0.993. The summed E-state index contributed by atoms with van der Waals surface area (Å²) >= 11 is 0. The number of rotatable bonds is 2. The third-order valence-corrected chi connectivity index (χ3v) is 3.82. The number of fused-ring (bicyclic) bond motifs is 1. The second kappa shape index (κ2) is 5.05. The molecule has 1 fully saturated rings. The van der Waals surface area contributed by atoms with E-state index in [1.54, 1.807) is 7.11 Å². The average Bonchev–Trinajstić information content (AvgIpc) is 2.95. The summed E-state index contributed by atoms with van der Waals surface area (Å²) in [5.41, 5.74) is 1.78. The number of carbonyl (C=O) groups excluding carboxylic acids is 1. The molecule has 1 aliphatic heterocycles. The fourth-order valence-corrected chi connectivity index (χ4v) is 2.76. The molecule has 0 bridgehead atoms. The first-order valence-corrected chi connectivity index (χ1v) is 6.68. The van der Waals surface area contributed by atoms with E-state index >= 15 is 0 Å². The fourth-order valence-electron chi connectivity index (χ4n) is 2.76. The van der Waals surface area contributed by atoms with Crippen LogP contribution < -0.4 is 0 Å². The number of hydrogen-bond acceptors (Lipinski definition) is 2. The summed E-state index contributed by atoms with van der Waals surface area (Å²) in [7, 11) is 1.71. The number of H-pyrrole nitrogens is 1. The van der Waals surface area contributed by atoms with Crippen molar-refractivity contribution in [3.05, 3.63) is 36.0 Å². The molecule has 0 spiro atoms. The Morgan fingerprint density at radius 3 is 3.16 bits per heavy atom. The number of nitrogens with zero attached hydrogens (tertiary/aromatic N) is 1. The summed E-state index contributed by atoms with van der Waals surface area (Å²) < 4.78 is 5.38. The molecular formula is C15H18N2O2. The van der Waals surface area contributed by atoms with Crippen LogP contribution in [0.15, 0.2) is 30.5 Å². The van der Waals surface area contributed by atoms with E-state index in [0.29, 0.717) is 6.54 Å². The van der Waals surface area contributed by atoms with Crippen LogP contribution in [-0.2, 0) is 4.74 Å². The molecule has 1 saturated heterocycles. The van der Waals surface area contributed by atoms with E-state index < -0.39 is 0 Å². The highest BCUT2D eigenvalue weighted by Gasteiger charge is 2.25. The second-order valence-electron chi connectivity index (χ2n) is 5.00. The first-order chi connectivity index (χ1) is 9.29. The van der Waals surface area contributed by atoms with Gasteiger partial charge in [-0.2, -0.15) is 0 Å². The van der Waals surface area contributed by atoms with Gasteiger partial charge in [0, 0.05) is 42.9 Å². The monoisotopic (exact) mass is 258 g/mol. The SMILES string of the molecule is COC1CCCN(C(=O)c2cccc3[nH]ccc23)C1. The van der Waals surface area contributed by atoms with Gasteiger partial charge in [0.1, 0.15) is 0 Å². The molecule has 0 aliphatic carbocycles. The van der Waals surface area contributed by atoms with Gasteiger partial charge in [-0.25, -0.2) is 0 Å². The smallest absolute Gasteiger partial charge is 0.254 e. The Morgan fingerprint density at radius 1 is 1.42 bits per heavy atom. The van der Waals surface area contributed by atoms with Crippen molar-refractivity contribution in [2.75, 3.05) is 20.2 Å². The minimum atomic E-state index is 0.104. The van der Waals surface area contributed by atoms with E-state index in [2.05, 4.69) is 4.98 Å². The summed E-state index contributed by atoms with van der Waals surface area (Å²) in [6, 6.07) is 7.76. The lowest BCUT2D eigenvalue weighted by Gasteiger charge is -2.32. The molecule has 4 nitrogen and oxygen atoms in total. The van der Waals surface area contributed by atoms with Crippen molar-refractivity contribution >= 4 is 16.8 Å². The predicted molar refractivity (Wildman–Crippen MR) is 74.2 cm³/mol. The number of benzene rings is 1. The van der Waals surface area contributed by atoms with Crippen LogP contribution in [-0.4, -0.2) is 42.1 Å². The zero-order chi connectivity index (χ0) is 13.2. The lowest BCUT2D eigenvalue weighted by Crippen LogP contribution is -2.42. The summed E-state index contributed by atoms with van der Waals surface area (Å²) in [5.74, 6) is 0.104. The molecule has 1 unspecified atom stereocenters. The number of likely N-dealkylation sites (tertiary alicyclic amines) is 1. The molecule has 1 aromatic carbocycles. The maximum absolute atomic E-state index is 12.6. The topological polar surface area (TPSA) is 45.3 Å². The van der Waals surface area contributed by atoms with Crippen LogP contribution in [0.2, 0.25) is 0 Å². The molecule has 4 heteroatoms. The number of nitrogens with one attached hydrogen (secondary N) is 1. The van der Waals surface area contributed by atoms with Crippen LogP contribution in [0.25, 0.3) is 10.9 Å². The van der Waals surface area contributed by atoms with Gasteiger partial charge in [-0.05, 0) is 31.0 Å². The Labute approximate surface area is 112 Å². The third kappa shape index (κ3) is 2.24. The molecule has 1 amide bonds. The van der Waals surface area contributed by atoms with Gasteiger partial charge in [0.05, 0.1) is 6.10 Å². The van der Waals surface area contributed by atoms with Crippen molar-refractivity contribution in [1.29, 1.82) is 0 Å². The molecule has 2 heterocycles. The zero-order valence-corrected chi connectivity index (χ0v) is 11.1. The Balaban J connectivity index is 1.89. The molecule has 3 rings (SSSR count). The number of ether oxygens (including phenoxy) is 1. The van der Waals surface area contributed by atoms with Crippen LogP contribution in [0, 0.1) is 0 Å². The Morgan fingerprint density at radius 2 is 2.32 bits per heavy atom. The first-order valence-electron chi connectivity index (χ1n) is 6.68. The number of amides is 1. The van der Waals surface area contributed by atoms with Crippen molar-refractivity contribution in [1.82, 2.24) is 9.88 Å². The van der Waals surface area contributed by atoms with Gasteiger partial charge < -0.3 is 14.6 Å². The zero-order valence-electron chi connectivity index (χ0n) is 11.1. The highest BCUT2D eigenvalue weighted by Crippen LogP contribution is 2.21. The Bertz CT molecular complexity index is 591. The summed E-state index contributed by atoms with van der Waals surface area (Å²) in [4.78, 5) is 17.7. The second-order valence-corrected chi connectivity index (χ2v) is 5.00. The fraction of sp³-hybridized carbons (Fsp3) is 0.400. The minimum absolute atomic E-state index is 0.104. The van der Waals surface area contributed by atoms with Gasteiger partial charge in [-0.1, -0.05) is 6.07 Å². The lowest BCUT2D eigenvalue weighted by atomic mass is 10.0. The highest BCUT2D eigenvalue weighted by molar-refractivity contribution is 6.06. The highest BCUT2D eigenvalue weighted by atomic mass is 16.5. The summed E-state index contributed by atoms with van der Waals surface area (Å²) in [6.07, 6.45) is 4.08. The van der Waals surface area contributed by atoms with Crippen LogP contribution in [0.1, 0.15) is 23.2 Å². The van der Waals surface area contributed by atoms with Crippen LogP contribution in [0.5, 0.6) is 0 Å². The van der Waals surface area contributed by atoms with Crippen molar-refractivity contribution in [2.24, 2.45) is 0 Å². The number of piperidine rings is 1. The third-order valence-electron chi connectivity index (χ3n) is 3.82. The average molecular weight is 258 g/mol. The molecule has 1 atom stereocenters. The van der Waals surface area contributed by atoms with E-state index in [1.165, 1.54) is 0 Å². The lowest BCUT2D eigenvalue weighted by molar-refractivity contribution is 0.0270. The van der Waals surface area contributed by atoms with Crippen LogP contribution >= 0.6 is 0 Å². The van der Waals surface area contributed by atoms with E-state index in [9.17, 15) is 4.79 Å². The number of aromatic amines is 1. The number of carbonyl (C=O) groups is 1. The first kappa shape index (κ1) is 12.2. The van der Waals surface area contributed by atoms with Crippen molar-refractivity contribution in [2.45, 2.75) is 18.9 Å². The quantitative estimate of drug-likeness (QED) is 0.899. The molecule has 19 heavy (non-hydrogen) atoms. The van der Waals surface area contributed by atoms with Crippen molar-refractivity contribution < 1.29 is 9.53 Å². The van der Waals surface area contributed by atoms with Crippen molar-refractivity contribution in [3.63, 3.8) is 0 Å². The largest absolute Gasteiger partial charge is 0.380 e. The number of hydrogen-bond donors (Lipinski definition) is 1. The van der Waals surface area contributed by atoms with Gasteiger partial charge in [0.15, 0.2) is 0 Å². The van der Waals surface area contributed by atoms with E-state index in [0.717, 1.165) is 35.9 Å². The Hall–Kier alpha value is -1.81. The van der Waals surface area contributed by atoms with Gasteiger partial charge in [0.2, 0.25) is 0 Å². The normalized spacial score (nSPS) is 19.8. The van der Waals surface area contributed by atoms with Crippen molar-refractivity contribution in [3.8, 4) is 0 Å². The van der Waals surface area contributed by atoms with E-state index in [-0.39, 0.29) is 12.0 Å². The molecule has 2 aromatic rings. The number of aromatic nitrogens is 1. The van der Waals surface area contributed by atoms with Gasteiger partial charge in [0.25, 0.3) is 5.91 Å². The maximum atomic E-state index is 12.6. The molecule has 0 saturated carbocycles. The van der Waals surface area contributed by atoms with Gasteiger partial charge in [-0.15, -0.1) is 0 Å². The van der Waals surface area contributed by atoms with Gasteiger partial charge in [-0.3, -0.25) is 4.79 Å². The van der Waals surface area contributed by atoms with Crippen LogP contribution in [0.3, 0.4) is 0 Å². The minimum Gasteiger partial charge on any atom is -0.380 e. The van der Waals surface area contributed by atoms with Gasteiger partial charge >= 0.3 is 0 Å². The van der Waals surface area contributed by atoms with E-state index in [4.69, 9.17) is 4.74 Å². The summed E-state index contributed by atoms with van der Waals surface area (Å²) in [6.45, 7) is 1.51. The Kier molecular flexibility index (Phi) is 3.25. The molecule has 1 aromatic heterocycles. The molecular weight excluding hydrogens is 240 g/mol. The molecule has 0 radical (unpaired) electrons. The standard InChI is InChI=1S/C15H18N2O2/c1-19-11-4-3-9-17(10-11)15(18)13-5-2-6-14-12(13)7-8-16-14/h2,5-8,11,16H,3-4,9-10H2,1H3.